The second kappa shape index (κ2) is 9.43. The van der Waals surface area contributed by atoms with Crippen LogP contribution < -0.4 is 15.2 Å². The summed E-state index contributed by atoms with van der Waals surface area (Å²) in [6.45, 7) is 2.65. The zero-order valence-corrected chi connectivity index (χ0v) is 17.4. The van der Waals surface area contributed by atoms with Crippen molar-refractivity contribution >= 4 is 33.2 Å². The summed E-state index contributed by atoms with van der Waals surface area (Å²) in [4.78, 5) is 2.16. The smallest absolute Gasteiger partial charge is 0.144 e. The predicted molar refractivity (Wildman–Crippen MR) is 109 cm³/mol. The molecule has 0 saturated carbocycles. The van der Waals surface area contributed by atoms with Crippen LogP contribution >= 0.6 is 27.5 Å². The topological polar surface area (TPSA) is 27.7 Å². The van der Waals surface area contributed by atoms with Gasteiger partial charge in [0, 0.05) is 16.5 Å². The van der Waals surface area contributed by atoms with Crippen LogP contribution in [0.15, 0.2) is 46.9 Å². The van der Waals surface area contributed by atoms with Gasteiger partial charge in [0.1, 0.15) is 12.4 Å². The molecule has 2 aromatic rings. The largest absolute Gasteiger partial charge is 0.487 e. The summed E-state index contributed by atoms with van der Waals surface area (Å²) in [5, 5.41) is 2.74. The lowest BCUT2D eigenvalue weighted by molar-refractivity contribution is 0.235. The predicted octanol–water partition coefficient (Wildman–Crippen LogP) is 4.92. The lowest BCUT2D eigenvalue weighted by Gasteiger charge is -2.31. The maximum atomic E-state index is 6.06. The van der Waals surface area contributed by atoms with Gasteiger partial charge >= 0.3 is 0 Å². The fourth-order valence-electron chi connectivity index (χ4n) is 2.48. The fraction of sp³-hybridized carbons (Fsp3) is 0.368. The summed E-state index contributed by atoms with van der Waals surface area (Å²) in [7, 11) is 6.13. The molecule has 1 N–H and O–H groups in total. The average Bonchev–Trinajstić information content (AvgIpc) is 2.59. The molecule has 136 valence electrons. The van der Waals surface area contributed by atoms with Crippen LogP contribution in [0.1, 0.15) is 18.9 Å². The van der Waals surface area contributed by atoms with Crippen LogP contribution in [0.3, 0.4) is 0 Å². The molecule has 6 heteroatoms. The van der Waals surface area contributed by atoms with Gasteiger partial charge in [0.05, 0.1) is 11.9 Å². The Morgan fingerprint density at radius 1 is 1.12 bits per heavy atom. The third kappa shape index (κ3) is 5.89. The Hall–Kier alpha value is -1.27. The van der Waals surface area contributed by atoms with Crippen molar-refractivity contribution in [1.29, 1.82) is 0 Å². The van der Waals surface area contributed by atoms with Crippen molar-refractivity contribution in [2.24, 2.45) is 0 Å². The van der Waals surface area contributed by atoms with E-state index in [9.17, 15) is 0 Å². The molecule has 0 aliphatic carbocycles. The molecule has 0 aliphatic rings. The molecule has 0 spiro atoms. The minimum Gasteiger partial charge on any atom is -0.487 e. The highest BCUT2D eigenvalue weighted by atomic mass is 79.9. The fourth-order valence-corrected chi connectivity index (χ4v) is 2.96. The number of halogens is 2. The highest BCUT2D eigenvalue weighted by molar-refractivity contribution is 9.10. The Labute approximate surface area is 163 Å². The van der Waals surface area contributed by atoms with Crippen molar-refractivity contribution in [3.05, 3.63) is 57.5 Å². The number of rotatable bonds is 8. The van der Waals surface area contributed by atoms with E-state index in [1.165, 1.54) is 0 Å². The first-order valence-corrected chi connectivity index (χ1v) is 9.41. The van der Waals surface area contributed by atoms with E-state index in [4.69, 9.17) is 16.3 Å². The van der Waals surface area contributed by atoms with Gasteiger partial charge in [0.2, 0.25) is 0 Å². The Balaban J connectivity index is 2.14. The van der Waals surface area contributed by atoms with Gasteiger partial charge in [-0.2, -0.15) is 0 Å². The molecule has 1 unspecified atom stereocenters. The number of benzene rings is 2. The quantitative estimate of drug-likeness (QED) is 0.479. The van der Waals surface area contributed by atoms with Crippen LogP contribution in [0.5, 0.6) is 5.75 Å². The van der Waals surface area contributed by atoms with Gasteiger partial charge in [-0.15, -0.1) is 0 Å². The molecule has 0 aromatic heterocycles. The van der Waals surface area contributed by atoms with Gasteiger partial charge < -0.3 is 9.75 Å². The minimum atomic E-state index is 0.244. The van der Waals surface area contributed by atoms with Gasteiger partial charge in [-0.05, 0) is 56.4 Å². The van der Waals surface area contributed by atoms with Crippen molar-refractivity contribution < 1.29 is 4.74 Å². The summed E-state index contributed by atoms with van der Waals surface area (Å²) in [5.74, 6) is 0.821. The van der Waals surface area contributed by atoms with Crippen molar-refractivity contribution in [1.82, 2.24) is 10.3 Å². The number of ether oxygens (including phenoxy) is 1. The van der Waals surface area contributed by atoms with Gasteiger partial charge in [0.25, 0.3) is 0 Å². The van der Waals surface area contributed by atoms with Crippen LogP contribution in [-0.4, -0.2) is 32.2 Å². The highest BCUT2D eigenvalue weighted by Crippen LogP contribution is 2.31. The molecule has 0 fully saturated rings. The zero-order chi connectivity index (χ0) is 18.4. The molecule has 25 heavy (non-hydrogen) atoms. The maximum Gasteiger partial charge on any atom is 0.144 e. The number of nitrogens with zero attached hydrogens (tertiary/aromatic N) is 2. The van der Waals surface area contributed by atoms with Crippen LogP contribution in [0.2, 0.25) is 5.02 Å². The third-order valence-corrected chi connectivity index (χ3v) is 4.69. The van der Waals surface area contributed by atoms with Crippen molar-refractivity contribution in [2.75, 3.05) is 26.2 Å². The van der Waals surface area contributed by atoms with Crippen molar-refractivity contribution in [3.63, 3.8) is 0 Å². The maximum absolute atomic E-state index is 6.06. The Bertz CT molecular complexity index is 679. The van der Waals surface area contributed by atoms with E-state index < -0.39 is 0 Å². The van der Waals surface area contributed by atoms with E-state index in [0.717, 1.165) is 32.9 Å². The second-order valence-corrected chi connectivity index (χ2v) is 7.46. The number of hydrogen-bond acceptors (Lipinski definition) is 4. The van der Waals surface area contributed by atoms with E-state index in [1.54, 1.807) is 0 Å². The third-order valence-electron chi connectivity index (χ3n) is 3.94. The van der Waals surface area contributed by atoms with E-state index >= 15 is 0 Å². The molecular weight excluding hydrogens is 402 g/mol. The highest BCUT2D eigenvalue weighted by Gasteiger charge is 2.15. The molecule has 4 nitrogen and oxygen atoms in total. The normalized spacial score (nSPS) is 12.3. The molecule has 2 aromatic carbocycles. The number of anilines is 1. The first kappa shape index (κ1) is 20.0. The lowest BCUT2D eigenvalue weighted by Crippen LogP contribution is -2.49. The van der Waals surface area contributed by atoms with Gasteiger partial charge in [0.15, 0.2) is 0 Å². The number of hydrogen-bond donors (Lipinski definition) is 1. The summed E-state index contributed by atoms with van der Waals surface area (Å²) in [6.07, 6.45) is 1.24. The van der Waals surface area contributed by atoms with Gasteiger partial charge in [-0.3, -0.25) is 4.90 Å². The molecule has 0 aliphatic heterocycles. The molecule has 0 heterocycles. The standard InChI is InChI=1S/C19H25BrClN3O/c1-5-19(23(2)3)22-24(4)17-12-15(20)8-11-18(17)25-13-14-6-9-16(21)10-7-14/h6-12,19,22H,5,13H2,1-4H3. The van der Waals surface area contributed by atoms with Crippen LogP contribution in [-0.2, 0) is 6.61 Å². The van der Waals surface area contributed by atoms with Crippen LogP contribution in [0.4, 0.5) is 5.69 Å². The Kier molecular flexibility index (Phi) is 7.56. The molecule has 1 atom stereocenters. The zero-order valence-electron chi connectivity index (χ0n) is 15.1. The number of hydrazine groups is 1. The molecule has 2 rings (SSSR count). The molecule has 0 amide bonds. The van der Waals surface area contributed by atoms with E-state index in [1.807, 2.05) is 54.5 Å². The molecule has 0 bridgehead atoms. The van der Waals surface area contributed by atoms with Crippen LogP contribution in [0.25, 0.3) is 0 Å². The average molecular weight is 427 g/mol. The molecular formula is C19H25BrClN3O. The van der Waals surface area contributed by atoms with Crippen molar-refractivity contribution in [2.45, 2.75) is 26.1 Å². The van der Waals surface area contributed by atoms with Gasteiger partial charge in [-0.1, -0.05) is 46.6 Å². The molecule has 0 radical (unpaired) electrons. The second-order valence-electron chi connectivity index (χ2n) is 6.10. The summed E-state index contributed by atoms with van der Waals surface area (Å²) >= 11 is 9.48. The Morgan fingerprint density at radius 2 is 1.80 bits per heavy atom. The lowest BCUT2D eigenvalue weighted by atomic mass is 10.2. The molecule has 0 saturated heterocycles. The van der Waals surface area contributed by atoms with Gasteiger partial charge in [-0.25, -0.2) is 5.43 Å². The van der Waals surface area contributed by atoms with E-state index in [-0.39, 0.29) is 6.17 Å². The Morgan fingerprint density at radius 3 is 2.40 bits per heavy atom. The first-order chi connectivity index (χ1) is 11.9. The monoisotopic (exact) mass is 425 g/mol. The summed E-state index contributed by atoms with van der Waals surface area (Å²) in [6, 6.07) is 13.7. The summed E-state index contributed by atoms with van der Waals surface area (Å²) in [5.41, 5.74) is 5.55. The van der Waals surface area contributed by atoms with E-state index in [0.29, 0.717) is 6.61 Å². The summed E-state index contributed by atoms with van der Waals surface area (Å²) < 4.78 is 7.06. The number of nitrogens with one attached hydrogen (secondary N) is 1. The van der Waals surface area contributed by atoms with Crippen molar-refractivity contribution in [3.8, 4) is 5.75 Å². The van der Waals surface area contributed by atoms with Crippen LogP contribution in [0, 0.1) is 0 Å². The van der Waals surface area contributed by atoms with E-state index in [2.05, 4.69) is 47.3 Å². The first-order valence-electron chi connectivity index (χ1n) is 8.23. The SMILES string of the molecule is CCC(NN(C)c1cc(Br)ccc1OCc1ccc(Cl)cc1)N(C)C. The minimum absolute atomic E-state index is 0.244.